The zero-order valence-corrected chi connectivity index (χ0v) is 14.3. The van der Waals surface area contributed by atoms with Crippen LogP contribution >= 0.6 is 35.4 Å². The highest BCUT2D eigenvalue weighted by atomic mass is 35.5. The first kappa shape index (κ1) is 17.4. The van der Waals surface area contributed by atoms with Gasteiger partial charge in [0, 0.05) is 5.02 Å². The van der Waals surface area contributed by atoms with Crippen LogP contribution in [0.15, 0.2) is 18.2 Å². The van der Waals surface area contributed by atoms with Gasteiger partial charge in [-0.3, -0.25) is 10.1 Å². The maximum atomic E-state index is 12.2. The lowest BCUT2D eigenvalue weighted by molar-refractivity contribution is -0.904. The second-order valence-corrected chi connectivity index (χ2v) is 6.32. The van der Waals surface area contributed by atoms with Gasteiger partial charge in [0.05, 0.1) is 43.4 Å². The van der Waals surface area contributed by atoms with Crippen molar-refractivity contribution >= 4 is 46.4 Å². The van der Waals surface area contributed by atoms with Gasteiger partial charge in [-0.2, -0.15) is 0 Å². The average Bonchev–Trinajstić information content (AvgIpc) is 2.48. The van der Waals surface area contributed by atoms with E-state index in [9.17, 15) is 4.79 Å². The second kappa shape index (κ2) is 8.08. The fraction of sp³-hybridized carbons (Fsp3) is 0.429. The van der Waals surface area contributed by atoms with Crippen LogP contribution in [0.5, 0.6) is 0 Å². The van der Waals surface area contributed by atoms with Crippen molar-refractivity contribution in [3.05, 3.63) is 33.8 Å². The lowest BCUT2D eigenvalue weighted by atomic mass is 10.2. The van der Waals surface area contributed by atoms with E-state index in [1.54, 1.807) is 12.1 Å². The highest BCUT2D eigenvalue weighted by molar-refractivity contribution is 7.80. The quantitative estimate of drug-likeness (QED) is 0.672. The molecule has 1 amide bonds. The van der Waals surface area contributed by atoms with E-state index in [2.05, 4.69) is 5.32 Å². The Morgan fingerprint density at radius 1 is 1.36 bits per heavy atom. The predicted octanol–water partition coefficient (Wildman–Crippen LogP) is 0.201. The minimum absolute atomic E-state index is 0.186. The fourth-order valence-electron chi connectivity index (χ4n) is 2.35. The number of benzene rings is 1. The first-order valence-electron chi connectivity index (χ1n) is 7.01. The Hall–Kier alpha value is -0.920. The van der Waals surface area contributed by atoms with Crippen LogP contribution in [-0.4, -0.2) is 60.4 Å². The Bertz CT molecular complexity index is 563. The molecule has 0 aliphatic carbocycles. The minimum Gasteiger partial charge on any atom is -0.391 e. The maximum Gasteiger partial charge on any atom is 0.258 e. The molecule has 0 saturated carbocycles. The van der Waals surface area contributed by atoms with Gasteiger partial charge in [0.25, 0.3) is 5.91 Å². The first-order chi connectivity index (χ1) is 10.5. The van der Waals surface area contributed by atoms with E-state index in [1.165, 1.54) is 11.0 Å². The van der Waals surface area contributed by atoms with Crippen LogP contribution in [0.25, 0.3) is 0 Å². The minimum atomic E-state index is -0.336. The summed E-state index contributed by atoms with van der Waals surface area (Å²) >= 11 is 17.1. The van der Waals surface area contributed by atoms with E-state index < -0.39 is 0 Å². The SMILES string of the molecule is O=C(NC(=S)N1CC[NH+](CCO)CC1)c1ccc(Cl)cc1Cl. The summed E-state index contributed by atoms with van der Waals surface area (Å²) in [5.41, 5.74) is 0.345. The van der Waals surface area contributed by atoms with E-state index in [0.717, 1.165) is 32.7 Å². The molecule has 22 heavy (non-hydrogen) atoms. The highest BCUT2D eigenvalue weighted by Crippen LogP contribution is 2.20. The molecule has 120 valence electrons. The Labute approximate surface area is 144 Å². The Morgan fingerprint density at radius 3 is 2.64 bits per heavy atom. The molecule has 1 fully saturated rings. The molecule has 1 saturated heterocycles. The van der Waals surface area contributed by atoms with Crippen LogP contribution < -0.4 is 10.2 Å². The molecule has 0 spiro atoms. The van der Waals surface area contributed by atoms with E-state index >= 15 is 0 Å². The molecule has 3 N–H and O–H groups in total. The predicted molar refractivity (Wildman–Crippen MR) is 90.7 cm³/mol. The van der Waals surface area contributed by atoms with E-state index in [0.29, 0.717) is 20.7 Å². The molecule has 0 unspecified atom stereocenters. The van der Waals surface area contributed by atoms with Crippen LogP contribution in [-0.2, 0) is 0 Å². The summed E-state index contributed by atoms with van der Waals surface area (Å²) < 4.78 is 0. The van der Waals surface area contributed by atoms with Crippen LogP contribution in [0.2, 0.25) is 10.0 Å². The zero-order chi connectivity index (χ0) is 16.1. The van der Waals surface area contributed by atoms with Crippen LogP contribution in [0.3, 0.4) is 0 Å². The molecule has 0 bridgehead atoms. The third-order valence-corrected chi connectivity index (χ3v) is 4.53. The van der Waals surface area contributed by atoms with Crippen molar-refractivity contribution in [3.63, 3.8) is 0 Å². The number of nitrogens with one attached hydrogen (secondary N) is 2. The molecule has 1 aliphatic heterocycles. The van der Waals surface area contributed by atoms with E-state index in [4.69, 9.17) is 40.5 Å². The van der Waals surface area contributed by atoms with Crippen molar-refractivity contribution in [3.8, 4) is 0 Å². The number of quaternary nitrogens is 1. The number of halogens is 2. The summed E-state index contributed by atoms with van der Waals surface area (Å²) in [6.45, 7) is 4.21. The standard InChI is InChI=1S/C14H17Cl2N3O2S/c15-10-1-2-11(12(16)9-10)13(21)17-14(22)19-5-3-18(4-6-19)7-8-20/h1-2,9,20H,3-8H2,(H,17,21,22)/p+1. The van der Waals surface area contributed by atoms with Gasteiger partial charge in [0.2, 0.25) is 0 Å². The largest absolute Gasteiger partial charge is 0.391 e. The molecule has 0 aromatic heterocycles. The third kappa shape index (κ3) is 4.54. The van der Waals surface area contributed by atoms with Crippen LogP contribution in [0, 0.1) is 0 Å². The van der Waals surface area contributed by atoms with Crippen molar-refractivity contribution in [1.82, 2.24) is 10.2 Å². The molecule has 0 atom stereocenters. The molecule has 1 heterocycles. The Balaban J connectivity index is 1.90. The monoisotopic (exact) mass is 362 g/mol. The molecule has 0 radical (unpaired) electrons. The summed E-state index contributed by atoms with van der Waals surface area (Å²) in [5, 5.41) is 12.8. The molecular weight excluding hydrogens is 345 g/mol. The van der Waals surface area contributed by atoms with Gasteiger partial charge in [-0.25, -0.2) is 0 Å². The molecule has 1 aliphatic rings. The van der Waals surface area contributed by atoms with E-state index in [-0.39, 0.29) is 12.5 Å². The smallest absolute Gasteiger partial charge is 0.258 e. The van der Waals surface area contributed by atoms with Gasteiger partial charge in [-0.15, -0.1) is 0 Å². The summed E-state index contributed by atoms with van der Waals surface area (Å²) in [6, 6.07) is 4.71. The number of nitrogens with zero attached hydrogens (tertiary/aromatic N) is 1. The Kier molecular flexibility index (Phi) is 6.40. The topological polar surface area (TPSA) is 57.0 Å². The number of carbonyl (C=O) groups excluding carboxylic acids is 1. The number of piperazine rings is 1. The van der Waals surface area contributed by atoms with Crippen molar-refractivity contribution in [1.29, 1.82) is 0 Å². The molecule has 2 rings (SSSR count). The second-order valence-electron chi connectivity index (χ2n) is 5.09. The van der Waals surface area contributed by atoms with Gasteiger partial charge in [-0.1, -0.05) is 23.2 Å². The number of carbonyl (C=O) groups is 1. The zero-order valence-electron chi connectivity index (χ0n) is 11.9. The number of hydrogen-bond donors (Lipinski definition) is 3. The van der Waals surface area contributed by atoms with Crippen molar-refractivity contribution in [2.75, 3.05) is 39.3 Å². The molecule has 5 nitrogen and oxygen atoms in total. The lowest BCUT2D eigenvalue weighted by Crippen LogP contribution is -3.15. The molecule has 8 heteroatoms. The number of aliphatic hydroxyl groups excluding tert-OH is 1. The van der Waals surface area contributed by atoms with Crippen LogP contribution in [0.4, 0.5) is 0 Å². The van der Waals surface area contributed by atoms with Crippen molar-refractivity contribution in [2.45, 2.75) is 0 Å². The normalized spacial score (nSPS) is 15.7. The molecule has 1 aromatic rings. The number of rotatable bonds is 3. The van der Waals surface area contributed by atoms with Crippen LogP contribution in [0.1, 0.15) is 10.4 Å². The first-order valence-corrected chi connectivity index (χ1v) is 8.17. The summed E-state index contributed by atoms with van der Waals surface area (Å²) in [5.74, 6) is -0.336. The lowest BCUT2D eigenvalue weighted by Gasteiger charge is -2.33. The number of amides is 1. The van der Waals surface area contributed by atoms with Crippen molar-refractivity contribution < 1.29 is 14.8 Å². The number of aliphatic hydroxyl groups is 1. The average molecular weight is 363 g/mol. The van der Waals surface area contributed by atoms with Gasteiger partial charge in [-0.05, 0) is 30.4 Å². The number of hydrogen-bond acceptors (Lipinski definition) is 3. The van der Waals surface area contributed by atoms with Gasteiger partial charge < -0.3 is 14.9 Å². The maximum absolute atomic E-state index is 12.2. The van der Waals surface area contributed by atoms with Gasteiger partial charge in [0.15, 0.2) is 5.11 Å². The third-order valence-electron chi connectivity index (χ3n) is 3.62. The summed E-state index contributed by atoms with van der Waals surface area (Å²) in [7, 11) is 0. The highest BCUT2D eigenvalue weighted by Gasteiger charge is 2.22. The summed E-state index contributed by atoms with van der Waals surface area (Å²) in [6.07, 6.45) is 0. The van der Waals surface area contributed by atoms with Crippen molar-refractivity contribution in [2.24, 2.45) is 0 Å². The molecular formula is C14H18Cl2N3O2S+. The van der Waals surface area contributed by atoms with Gasteiger partial charge in [0.1, 0.15) is 6.54 Å². The fourth-order valence-corrected chi connectivity index (χ4v) is 3.12. The summed E-state index contributed by atoms with van der Waals surface area (Å²) in [4.78, 5) is 15.5. The Morgan fingerprint density at radius 2 is 2.05 bits per heavy atom. The van der Waals surface area contributed by atoms with E-state index in [1.807, 2.05) is 4.90 Å². The van der Waals surface area contributed by atoms with Gasteiger partial charge >= 0.3 is 0 Å². The molecule has 1 aromatic carbocycles. The number of thiocarbonyl (C=S) groups is 1.